The Bertz CT molecular complexity index is 624. The van der Waals surface area contributed by atoms with Gasteiger partial charge in [-0.2, -0.15) is 5.26 Å². The molecule has 0 radical (unpaired) electrons. The van der Waals surface area contributed by atoms with E-state index in [1.165, 1.54) is 6.07 Å². The Balaban J connectivity index is 3.48. The van der Waals surface area contributed by atoms with E-state index in [-0.39, 0.29) is 10.0 Å². The fourth-order valence-corrected chi connectivity index (χ4v) is 2.17. The number of alkyl halides is 3. The third-order valence-corrected chi connectivity index (χ3v) is 3.79. The molecule has 18 heavy (non-hydrogen) atoms. The summed E-state index contributed by atoms with van der Waals surface area (Å²) in [5, 5.41) is 8.68. The lowest BCUT2D eigenvalue weighted by molar-refractivity contribution is -0.275. The molecule has 1 aromatic rings. The number of hydrogen-bond acceptors (Lipinski definition) is 4. The van der Waals surface area contributed by atoms with Crippen LogP contribution in [0.5, 0.6) is 5.75 Å². The number of halogens is 5. The van der Waals surface area contributed by atoms with Crippen LogP contribution < -0.4 is 4.74 Å². The molecule has 0 N–H and O–H groups in total. The first-order chi connectivity index (χ1) is 8.04. The molecule has 0 aromatic heterocycles. The maximum absolute atomic E-state index is 12.1. The summed E-state index contributed by atoms with van der Waals surface area (Å²) in [6.07, 6.45) is -5.02. The van der Waals surface area contributed by atoms with Crippen molar-refractivity contribution in [1.29, 1.82) is 5.26 Å². The molecule has 0 aliphatic carbocycles. The quantitative estimate of drug-likeness (QED) is 0.756. The number of rotatable bonds is 2. The molecule has 0 aliphatic rings. The van der Waals surface area contributed by atoms with E-state index in [9.17, 15) is 21.6 Å². The van der Waals surface area contributed by atoms with Crippen LogP contribution in [0.1, 0.15) is 5.56 Å². The molecule has 10 heteroatoms. The van der Waals surface area contributed by atoms with Crippen LogP contribution in [0.15, 0.2) is 21.5 Å². The average Bonchev–Trinajstić information content (AvgIpc) is 2.17. The van der Waals surface area contributed by atoms with Crippen LogP contribution in [0.3, 0.4) is 0 Å². The highest BCUT2D eigenvalue weighted by atomic mass is 79.9. The first-order valence-electron chi connectivity index (χ1n) is 3.98. The molecule has 1 aromatic carbocycles. The largest absolute Gasteiger partial charge is 0.573 e. The molecule has 98 valence electrons. The van der Waals surface area contributed by atoms with Crippen molar-refractivity contribution in [2.24, 2.45) is 0 Å². The van der Waals surface area contributed by atoms with Gasteiger partial charge in [0, 0.05) is 16.7 Å². The molecular weight excluding hydrogens is 363 g/mol. The molecule has 0 unspecified atom stereocenters. The molecule has 0 bridgehead atoms. The monoisotopic (exact) mass is 363 g/mol. The van der Waals surface area contributed by atoms with Gasteiger partial charge in [0.25, 0.3) is 9.05 Å². The van der Waals surface area contributed by atoms with E-state index in [1.54, 1.807) is 0 Å². The summed E-state index contributed by atoms with van der Waals surface area (Å²) in [5.41, 5.74) is -0.351. The SMILES string of the molecule is N#Cc1cc(S(=O)(=O)Cl)cc(OC(F)(F)F)c1Br. The van der Waals surface area contributed by atoms with Gasteiger partial charge in [-0.25, -0.2) is 8.42 Å². The van der Waals surface area contributed by atoms with E-state index in [0.717, 1.165) is 6.07 Å². The van der Waals surface area contributed by atoms with Crippen LogP contribution in [0.4, 0.5) is 13.2 Å². The van der Waals surface area contributed by atoms with Gasteiger partial charge < -0.3 is 4.74 Å². The van der Waals surface area contributed by atoms with E-state index in [2.05, 4.69) is 20.7 Å². The Labute approximate surface area is 112 Å². The first-order valence-corrected chi connectivity index (χ1v) is 7.09. The van der Waals surface area contributed by atoms with E-state index >= 15 is 0 Å². The van der Waals surface area contributed by atoms with Crippen LogP contribution in [-0.4, -0.2) is 14.8 Å². The van der Waals surface area contributed by atoms with Crippen molar-refractivity contribution in [2.45, 2.75) is 11.3 Å². The van der Waals surface area contributed by atoms with Crippen molar-refractivity contribution in [1.82, 2.24) is 0 Å². The van der Waals surface area contributed by atoms with E-state index in [0.29, 0.717) is 6.07 Å². The van der Waals surface area contributed by atoms with Gasteiger partial charge in [0.05, 0.1) is 14.9 Å². The molecule has 0 saturated heterocycles. The minimum absolute atomic E-state index is 0.314. The van der Waals surface area contributed by atoms with Gasteiger partial charge in [-0.3, -0.25) is 0 Å². The molecule has 0 saturated carbocycles. The van der Waals surface area contributed by atoms with Crippen molar-refractivity contribution in [3.05, 3.63) is 22.2 Å². The summed E-state index contributed by atoms with van der Waals surface area (Å²) < 4.78 is 61.6. The van der Waals surface area contributed by atoms with Crippen LogP contribution in [0.2, 0.25) is 0 Å². The van der Waals surface area contributed by atoms with Gasteiger partial charge in [-0.05, 0) is 22.0 Å². The van der Waals surface area contributed by atoms with Crippen molar-refractivity contribution >= 4 is 35.7 Å². The fourth-order valence-electron chi connectivity index (χ4n) is 0.994. The van der Waals surface area contributed by atoms with E-state index < -0.39 is 26.1 Å². The van der Waals surface area contributed by atoms with Crippen molar-refractivity contribution in [2.75, 3.05) is 0 Å². The highest BCUT2D eigenvalue weighted by Gasteiger charge is 2.33. The molecule has 1 rings (SSSR count). The summed E-state index contributed by atoms with van der Waals surface area (Å²) in [7, 11) is 0.716. The first kappa shape index (κ1) is 15.1. The van der Waals surface area contributed by atoms with Crippen molar-refractivity contribution < 1.29 is 26.3 Å². The predicted octanol–water partition coefficient (Wildman–Crippen LogP) is 3.15. The summed E-state index contributed by atoms with van der Waals surface area (Å²) in [6.45, 7) is 0. The minimum Gasteiger partial charge on any atom is -0.404 e. The molecule has 0 spiro atoms. The third-order valence-electron chi connectivity index (χ3n) is 1.64. The van der Waals surface area contributed by atoms with E-state index in [1.807, 2.05) is 0 Å². The summed E-state index contributed by atoms with van der Waals surface area (Å²) in [5.74, 6) is -0.860. The number of nitriles is 1. The topological polar surface area (TPSA) is 67.2 Å². The van der Waals surface area contributed by atoms with E-state index in [4.69, 9.17) is 15.9 Å². The zero-order valence-electron chi connectivity index (χ0n) is 8.12. The Morgan fingerprint density at radius 2 is 1.94 bits per heavy atom. The second kappa shape index (κ2) is 4.95. The Kier molecular flexibility index (Phi) is 4.15. The molecule has 4 nitrogen and oxygen atoms in total. The van der Waals surface area contributed by atoms with Gasteiger partial charge in [-0.1, -0.05) is 0 Å². The van der Waals surface area contributed by atoms with Crippen LogP contribution in [0, 0.1) is 11.3 Å². The zero-order chi connectivity index (χ0) is 14.1. The highest BCUT2D eigenvalue weighted by molar-refractivity contribution is 9.10. The van der Waals surface area contributed by atoms with Crippen LogP contribution >= 0.6 is 26.6 Å². The van der Waals surface area contributed by atoms with Crippen molar-refractivity contribution in [3.63, 3.8) is 0 Å². The summed E-state index contributed by atoms with van der Waals surface area (Å²) >= 11 is 2.71. The lowest BCUT2D eigenvalue weighted by atomic mass is 10.2. The lowest BCUT2D eigenvalue weighted by Gasteiger charge is -2.12. The van der Waals surface area contributed by atoms with Crippen LogP contribution in [-0.2, 0) is 9.05 Å². The molecular formula is C8H2BrClF3NO3S. The smallest absolute Gasteiger partial charge is 0.404 e. The molecule has 0 heterocycles. The number of benzene rings is 1. The number of ether oxygens (including phenoxy) is 1. The molecule has 0 amide bonds. The molecule has 0 atom stereocenters. The summed E-state index contributed by atoms with van der Waals surface area (Å²) in [6, 6.07) is 2.92. The lowest BCUT2D eigenvalue weighted by Crippen LogP contribution is -2.18. The predicted molar refractivity (Wildman–Crippen MR) is 58.6 cm³/mol. The maximum atomic E-state index is 12.1. The van der Waals surface area contributed by atoms with Crippen molar-refractivity contribution in [3.8, 4) is 11.8 Å². The van der Waals surface area contributed by atoms with Gasteiger partial charge >= 0.3 is 6.36 Å². The second-order valence-electron chi connectivity index (χ2n) is 2.88. The third kappa shape index (κ3) is 3.76. The molecule has 0 fully saturated rings. The van der Waals surface area contributed by atoms with Gasteiger partial charge in [0.2, 0.25) is 0 Å². The Hall–Kier alpha value is -0.980. The Morgan fingerprint density at radius 3 is 2.33 bits per heavy atom. The highest BCUT2D eigenvalue weighted by Crippen LogP contribution is 2.35. The number of hydrogen-bond donors (Lipinski definition) is 0. The number of nitrogens with zero attached hydrogens (tertiary/aromatic N) is 1. The average molecular weight is 365 g/mol. The zero-order valence-corrected chi connectivity index (χ0v) is 11.3. The normalized spacial score (nSPS) is 12.0. The maximum Gasteiger partial charge on any atom is 0.573 e. The van der Waals surface area contributed by atoms with Gasteiger partial charge in [-0.15, -0.1) is 13.2 Å². The molecule has 0 aliphatic heterocycles. The summed E-state index contributed by atoms with van der Waals surface area (Å²) in [4.78, 5) is -0.664. The minimum atomic E-state index is -5.02. The standard InChI is InChI=1S/C8H2BrClF3NO3S/c9-7-4(3-14)1-5(18(10,15)16)2-6(7)17-8(11,12)13/h1-2H. The fraction of sp³-hybridized carbons (Fsp3) is 0.125. The Morgan fingerprint density at radius 1 is 1.39 bits per heavy atom. The van der Waals surface area contributed by atoms with Crippen LogP contribution in [0.25, 0.3) is 0 Å². The second-order valence-corrected chi connectivity index (χ2v) is 6.24. The van der Waals surface area contributed by atoms with Gasteiger partial charge in [0.1, 0.15) is 11.8 Å². The van der Waals surface area contributed by atoms with Gasteiger partial charge in [0.15, 0.2) is 0 Å².